The van der Waals surface area contributed by atoms with E-state index in [1.165, 1.54) is 0 Å². The van der Waals surface area contributed by atoms with Crippen LogP contribution in [0.2, 0.25) is 0 Å². The zero-order valence-corrected chi connectivity index (χ0v) is 12.3. The fourth-order valence-electron chi connectivity index (χ4n) is 2.00. The van der Waals surface area contributed by atoms with Gasteiger partial charge in [-0.3, -0.25) is 0 Å². The first kappa shape index (κ1) is 14.2. The molecule has 22 heavy (non-hydrogen) atoms. The average molecular weight is 300 g/mol. The SMILES string of the molecule is CC(Oc1ccc(CO)cc1)c1cn(-c2cnnn2C)nn1. The van der Waals surface area contributed by atoms with Crippen LogP contribution in [-0.2, 0) is 13.7 Å². The Morgan fingerprint density at radius 2 is 2.00 bits per heavy atom. The van der Waals surface area contributed by atoms with Crippen molar-refractivity contribution in [3.8, 4) is 11.6 Å². The molecule has 8 heteroatoms. The minimum Gasteiger partial charge on any atom is -0.484 e. The van der Waals surface area contributed by atoms with Gasteiger partial charge in [-0.2, -0.15) is 0 Å². The lowest BCUT2D eigenvalue weighted by Gasteiger charge is -2.12. The van der Waals surface area contributed by atoms with Gasteiger partial charge in [-0.15, -0.1) is 10.2 Å². The van der Waals surface area contributed by atoms with Crippen LogP contribution in [0.4, 0.5) is 0 Å². The van der Waals surface area contributed by atoms with Crippen molar-refractivity contribution in [2.45, 2.75) is 19.6 Å². The number of aromatic nitrogens is 6. The minimum absolute atomic E-state index is 0.0168. The first-order chi connectivity index (χ1) is 10.7. The lowest BCUT2D eigenvalue weighted by molar-refractivity contribution is 0.221. The van der Waals surface area contributed by atoms with E-state index in [9.17, 15) is 0 Å². The highest BCUT2D eigenvalue weighted by atomic mass is 16.5. The molecule has 1 atom stereocenters. The van der Waals surface area contributed by atoms with E-state index in [0.29, 0.717) is 11.4 Å². The van der Waals surface area contributed by atoms with Crippen LogP contribution >= 0.6 is 0 Å². The second kappa shape index (κ2) is 5.94. The first-order valence-electron chi connectivity index (χ1n) is 6.81. The van der Waals surface area contributed by atoms with Gasteiger partial charge >= 0.3 is 0 Å². The molecule has 0 spiro atoms. The van der Waals surface area contributed by atoms with Crippen molar-refractivity contribution in [2.75, 3.05) is 0 Å². The monoisotopic (exact) mass is 300 g/mol. The Morgan fingerprint density at radius 1 is 1.23 bits per heavy atom. The number of aliphatic hydroxyl groups is 1. The summed E-state index contributed by atoms with van der Waals surface area (Å²) in [6.45, 7) is 1.92. The molecule has 0 saturated carbocycles. The van der Waals surface area contributed by atoms with Crippen LogP contribution in [-0.4, -0.2) is 35.1 Å². The van der Waals surface area contributed by atoms with Gasteiger partial charge < -0.3 is 9.84 Å². The molecule has 2 heterocycles. The molecule has 8 nitrogen and oxygen atoms in total. The number of aliphatic hydroxyl groups excluding tert-OH is 1. The molecule has 3 aromatic rings. The molecule has 0 aliphatic rings. The summed E-state index contributed by atoms with van der Waals surface area (Å²) < 4.78 is 9.04. The topological polar surface area (TPSA) is 90.9 Å². The second-order valence-electron chi connectivity index (χ2n) is 4.87. The number of ether oxygens (including phenoxy) is 1. The lowest BCUT2D eigenvalue weighted by atomic mass is 10.2. The lowest BCUT2D eigenvalue weighted by Crippen LogP contribution is -2.04. The first-order valence-corrected chi connectivity index (χ1v) is 6.81. The van der Waals surface area contributed by atoms with Crippen LogP contribution in [0, 0.1) is 0 Å². The summed E-state index contributed by atoms with van der Waals surface area (Å²) in [6, 6.07) is 7.27. The molecule has 0 radical (unpaired) electrons. The van der Waals surface area contributed by atoms with E-state index in [1.54, 1.807) is 28.8 Å². The Morgan fingerprint density at radius 3 is 2.64 bits per heavy atom. The Kier molecular flexibility index (Phi) is 3.84. The standard InChI is InChI=1S/C14H16N6O2/c1-10(22-12-5-3-11(9-21)4-6-12)13-8-20(18-16-13)14-7-15-17-19(14)2/h3-8,10,21H,9H2,1-2H3. The van der Waals surface area contributed by atoms with Gasteiger partial charge in [0.15, 0.2) is 5.82 Å². The smallest absolute Gasteiger partial charge is 0.173 e. The third kappa shape index (κ3) is 2.82. The van der Waals surface area contributed by atoms with E-state index in [2.05, 4.69) is 20.6 Å². The molecule has 0 bridgehead atoms. The number of nitrogens with zero attached hydrogens (tertiary/aromatic N) is 6. The Hall–Kier alpha value is -2.74. The minimum atomic E-state index is -0.255. The zero-order chi connectivity index (χ0) is 15.5. The third-order valence-electron chi connectivity index (χ3n) is 3.27. The zero-order valence-electron chi connectivity index (χ0n) is 12.3. The Bertz CT molecular complexity index is 749. The molecule has 1 N–H and O–H groups in total. The largest absolute Gasteiger partial charge is 0.484 e. The Labute approximate surface area is 127 Å². The highest BCUT2D eigenvalue weighted by Gasteiger charge is 2.14. The van der Waals surface area contributed by atoms with E-state index in [0.717, 1.165) is 11.4 Å². The summed E-state index contributed by atoms with van der Waals surface area (Å²) in [5.74, 6) is 1.43. The van der Waals surface area contributed by atoms with E-state index < -0.39 is 0 Å². The fourth-order valence-corrected chi connectivity index (χ4v) is 2.00. The van der Waals surface area contributed by atoms with Crippen molar-refractivity contribution in [1.82, 2.24) is 30.0 Å². The van der Waals surface area contributed by atoms with Gasteiger partial charge in [0.2, 0.25) is 0 Å². The van der Waals surface area contributed by atoms with Crippen molar-refractivity contribution < 1.29 is 9.84 Å². The van der Waals surface area contributed by atoms with Crippen molar-refractivity contribution in [1.29, 1.82) is 0 Å². The molecule has 0 saturated heterocycles. The third-order valence-corrected chi connectivity index (χ3v) is 3.27. The van der Waals surface area contributed by atoms with Gasteiger partial charge in [-0.05, 0) is 24.6 Å². The van der Waals surface area contributed by atoms with Gasteiger partial charge in [0.1, 0.15) is 17.5 Å². The molecule has 2 aromatic heterocycles. The summed E-state index contributed by atoms with van der Waals surface area (Å²) in [4.78, 5) is 0. The quantitative estimate of drug-likeness (QED) is 0.756. The molecule has 0 aliphatic heterocycles. The maximum absolute atomic E-state index is 9.03. The van der Waals surface area contributed by atoms with Crippen LogP contribution in [0.5, 0.6) is 5.75 Å². The normalized spacial score (nSPS) is 12.3. The molecule has 0 amide bonds. The predicted molar refractivity (Wildman–Crippen MR) is 77.3 cm³/mol. The van der Waals surface area contributed by atoms with Crippen molar-refractivity contribution in [3.05, 3.63) is 47.9 Å². The fraction of sp³-hybridized carbons (Fsp3) is 0.286. The summed E-state index contributed by atoms with van der Waals surface area (Å²) in [6.07, 6.45) is 3.14. The number of hydrogen-bond donors (Lipinski definition) is 1. The highest BCUT2D eigenvalue weighted by molar-refractivity contribution is 5.27. The number of aryl methyl sites for hydroxylation is 1. The van der Waals surface area contributed by atoms with Gasteiger partial charge in [-0.25, -0.2) is 9.36 Å². The highest BCUT2D eigenvalue weighted by Crippen LogP contribution is 2.21. The number of benzene rings is 1. The molecular formula is C14H16N6O2. The van der Waals surface area contributed by atoms with Crippen LogP contribution in [0.1, 0.15) is 24.3 Å². The van der Waals surface area contributed by atoms with Crippen LogP contribution in [0.15, 0.2) is 36.7 Å². The van der Waals surface area contributed by atoms with E-state index in [1.807, 2.05) is 31.2 Å². The van der Waals surface area contributed by atoms with Crippen LogP contribution < -0.4 is 4.74 Å². The van der Waals surface area contributed by atoms with Gasteiger partial charge in [0, 0.05) is 7.05 Å². The summed E-state index contributed by atoms with van der Waals surface area (Å²) >= 11 is 0. The molecule has 0 fully saturated rings. The molecule has 3 rings (SSSR count). The van der Waals surface area contributed by atoms with E-state index in [-0.39, 0.29) is 12.7 Å². The molecule has 1 aromatic carbocycles. The number of hydrogen-bond acceptors (Lipinski definition) is 6. The van der Waals surface area contributed by atoms with E-state index >= 15 is 0 Å². The molecule has 0 aliphatic carbocycles. The predicted octanol–water partition coefficient (Wildman–Crippen LogP) is 1.03. The van der Waals surface area contributed by atoms with Gasteiger partial charge in [-0.1, -0.05) is 22.6 Å². The second-order valence-corrected chi connectivity index (χ2v) is 4.87. The summed E-state index contributed by atoms with van der Waals surface area (Å²) in [5.41, 5.74) is 1.54. The van der Waals surface area contributed by atoms with Gasteiger partial charge in [0.25, 0.3) is 0 Å². The van der Waals surface area contributed by atoms with Crippen LogP contribution in [0.3, 0.4) is 0 Å². The van der Waals surface area contributed by atoms with Crippen molar-refractivity contribution in [2.24, 2.45) is 7.05 Å². The van der Waals surface area contributed by atoms with E-state index in [4.69, 9.17) is 9.84 Å². The Balaban J connectivity index is 1.73. The molecule has 1 unspecified atom stereocenters. The maximum Gasteiger partial charge on any atom is 0.173 e. The molecular weight excluding hydrogens is 284 g/mol. The van der Waals surface area contributed by atoms with Crippen molar-refractivity contribution in [3.63, 3.8) is 0 Å². The number of rotatable bonds is 5. The van der Waals surface area contributed by atoms with Crippen molar-refractivity contribution >= 4 is 0 Å². The van der Waals surface area contributed by atoms with Crippen LogP contribution in [0.25, 0.3) is 5.82 Å². The maximum atomic E-state index is 9.03. The van der Waals surface area contributed by atoms with Gasteiger partial charge in [0.05, 0.1) is 19.0 Å². The molecule has 114 valence electrons. The average Bonchev–Trinajstić information content (AvgIpc) is 3.16. The summed E-state index contributed by atoms with van der Waals surface area (Å²) in [7, 11) is 1.78. The summed E-state index contributed by atoms with van der Waals surface area (Å²) in [5, 5.41) is 24.9.